The van der Waals surface area contributed by atoms with Gasteiger partial charge in [0.15, 0.2) is 0 Å². The Morgan fingerprint density at radius 3 is 2.35 bits per heavy atom. The molecule has 1 spiro atoms. The first-order chi connectivity index (χ1) is 15.1. The number of nitrogens with zero attached hydrogens (tertiary/aromatic N) is 2. The molecule has 0 bridgehead atoms. The van der Waals surface area contributed by atoms with E-state index < -0.39 is 0 Å². The van der Waals surface area contributed by atoms with E-state index in [9.17, 15) is 0 Å². The van der Waals surface area contributed by atoms with E-state index in [1.165, 1.54) is 102 Å². The molecular formula is C28H43N3. The Morgan fingerprint density at radius 2 is 1.68 bits per heavy atom. The number of fused-ring (bicyclic) bond motifs is 2. The lowest BCUT2D eigenvalue weighted by atomic mass is 9.74. The fraction of sp³-hybridized carbons (Fsp3) is 0.679. The summed E-state index contributed by atoms with van der Waals surface area (Å²) >= 11 is 0. The molecular weight excluding hydrogens is 378 g/mol. The van der Waals surface area contributed by atoms with E-state index in [1.807, 2.05) is 0 Å². The van der Waals surface area contributed by atoms with Gasteiger partial charge in [0.25, 0.3) is 0 Å². The number of allylic oxidation sites excluding steroid dienone is 1. The number of nitrogens with one attached hydrogen (secondary N) is 1. The maximum Gasteiger partial charge on any atom is 0.0398 e. The van der Waals surface area contributed by atoms with E-state index >= 15 is 0 Å². The zero-order valence-electron chi connectivity index (χ0n) is 19.7. The van der Waals surface area contributed by atoms with Crippen molar-refractivity contribution in [3.05, 3.63) is 48.0 Å². The van der Waals surface area contributed by atoms with Gasteiger partial charge in [0.05, 0.1) is 0 Å². The molecule has 0 aromatic heterocycles. The van der Waals surface area contributed by atoms with Crippen molar-refractivity contribution < 1.29 is 0 Å². The molecule has 1 saturated carbocycles. The molecule has 0 radical (unpaired) electrons. The van der Waals surface area contributed by atoms with Crippen molar-refractivity contribution in [3.8, 4) is 0 Å². The van der Waals surface area contributed by atoms with Gasteiger partial charge in [-0.1, -0.05) is 49.6 Å². The van der Waals surface area contributed by atoms with Crippen molar-refractivity contribution in [2.24, 2.45) is 11.8 Å². The zero-order valence-corrected chi connectivity index (χ0v) is 19.7. The Labute approximate surface area is 190 Å². The van der Waals surface area contributed by atoms with Crippen LogP contribution in [0.2, 0.25) is 0 Å². The second kappa shape index (κ2) is 10.4. The van der Waals surface area contributed by atoms with Crippen LogP contribution in [0.1, 0.15) is 75.3 Å². The predicted molar refractivity (Wildman–Crippen MR) is 132 cm³/mol. The van der Waals surface area contributed by atoms with Crippen molar-refractivity contribution in [2.75, 3.05) is 39.8 Å². The molecule has 3 nitrogen and oxygen atoms in total. The molecule has 0 amide bonds. The number of hydrogen-bond acceptors (Lipinski definition) is 3. The van der Waals surface area contributed by atoms with Crippen LogP contribution in [-0.2, 0) is 5.41 Å². The molecule has 2 saturated heterocycles. The molecule has 2 heterocycles. The summed E-state index contributed by atoms with van der Waals surface area (Å²) in [4.78, 5) is 5.09. The lowest BCUT2D eigenvalue weighted by Gasteiger charge is -2.38. The summed E-state index contributed by atoms with van der Waals surface area (Å²) in [5, 5.41) is 8.13. The molecule has 1 aromatic carbocycles. The van der Waals surface area contributed by atoms with Gasteiger partial charge < -0.3 is 15.2 Å². The third-order valence-corrected chi connectivity index (χ3v) is 8.49. The van der Waals surface area contributed by atoms with Gasteiger partial charge in [-0.05, 0) is 101 Å². The molecule has 5 rings (SSSR count). The molecule has 3 fully saturated rings. The summed E-state index contributed by atoms with van der Waals surface area (Å²) in [7, 11) is 2.19. The Bertz CT molecular complexity index is 732. The molecule has 2 aliphatic heterocycles. The smallest absolute Gasteiger partial charge is 0.0398 e. The first-order valence-corrected chi connectivity index (χ1v) is 12.8. The third kappa shape index (κ3) is 5.49. The lowest BCUT2D eigenvalue weighted by Crippen LogP contribution is -2.39. The minimum absolute atomic E-state index is 0.292. The molecule has 4 aliphatic rings. The van der Waals surface area contributed by atoms with E-state index in [2.05, 4.69) is 53.8 Å². The Morgan fingerprint density at radius 1 is 1.00 bits per heavy atom. The van der Waals surface area contributed by atoms with Gasteiger partial charge in [-0.25, -0.2) is 0 Å². The molecule has 31 heavy (non-hydrogen) atoms. The predicted octanol–water partition coefficient (Wildman–Crippen LogP) is 5.89. The summed E-state index contributed by atoms with van der Waals surface area (Å²) < 4.78 is 0. The second-order valence-electron chi connectivity index (χ2n) is 10.7. The second-order valence-corrected chi connectivity index (χ2v) is 10.7. The molecule has 2 aliphatic carbocycles. The van der Waals surface area contributed by atoms with Crippen LogP contribution in [0, 0.1) is 17.2 Å². The van der Waals surface area contributed by atoms with Crippen LogP contribution in [0.3, 0.4) is 0 Å². The van der Waals surface area contributed by atoms with Crippen LogP contribution in [0.5, 0.6) is 0 Å². The topological polar surface area (TPSA) is 30.3 Å². The van der Waals surface area contributed by atoms with E-state index in [0.29, 0.717) is 5.41 Å². The van der Waals surface area contributed by atoms with E-state index in [1.54, 1.807) is 0 Å². The molecule has 0 atom stereocenters. The van der Waals surface area contributed by atoms with E-state index in [0.717, 1.165) is 24.0 Å². The Kier molecular flexibility index (Phi) is 7.66. The number of benzene rings is 1. The van der Waals surface area contributed by atoms with Crippen LogP contribution in [0.25, 0.3) is 0 Å². The fourth-order valence-electron chi connectivity index (χ4n) is 6.34. The third-order valence-electron chi connectivity index (χ3n) is 8.49. The quantitative estimate of drug-likeness (QED) is 0.617. The number of rotatable bonds is 3. The van der Waals surface area contributed by atoms with Crippen molar-refractivity contribution >= 4 is 5.71 Å². The minimum atomic E-state index is 0.292. The maximum atomic E-state index is 8.13. The van der Waals surface area contributed by atoms with Crippen LogP contribution in [-0.4, -0.2) is 55.3 Å². The molecule has 1 aromatic rings. The highest BCUT2D eigenvalue weighted by molar-refractivity contribution is 6.04. The minimum Gasteiger partial charge on any atom is -0.306 e. The SMILES string of the molecule is C=CC1CCN(CC2CCCCC2)CC1.CN1CCC2(CC1)CC(=N)c1ccccc12. The average Bonchev–Trinajstić information content (AvgIpc) is 3.09. The van der Waals surface area contributed by atoms with Gasteiger partial charge in [0.1, 0.15) is 0 Å². The maximum absolute atomic E-state index is 8.13. The molecule has 170 valence electrons. The first-order valence-electron chi connectivity index (χ1n) is 12.8. The monoisotopic (exact) mass is 421 g/mol. The van der Waals surface area contributed by atoms with Crippen LogP contribution >= 0.6 is 0 Å². The van der Waals surface area contributed by atoms with Gasteiger partial charge in [-0.2, -0.15) is 0 Å². The Hall–Kier alpha value is -1.45. The van der Waals surface area contributed by atoms with Gasteiger partial charge in [-0.3, -0.25) is 0 Å². The standard InChI is InChI=1S/C14H18N2.C14H25N/c1-16-8-6-14(7-9-16)10-13(15)11-4-2-3-5-12(11)14;1-2-13-8-10-15(11-9-13)12-14-6-4-3-5-7-14/h2-5,15H,6-10H2,1H3;2,13-14H,1,3-12H2. The van der Waals surface area contributed by atoms with Crippen molar-refractivity contribution in [2.45, 2.75) is 69.6 Å². The number of hydrogen-bond donors (Lipinski definition) is 1. The fourth-order valence-corrected chi connectivity index (χ4v) is 6.34. The van der Waals surface area contributed by atoms with E-state index in [-0.39, 0.29) is 0 Å². The van der Waals surface area contributed by atoms with Gasteiger partial charge >= 0.3 is 0 Å². The van der Waals surface area contributed by atoms with Crippen LogP contribution in [0.4, 0.5) is 0 Å². The molecule has 1 N–H and O–H groups in total. The summed E-state index contributed by atoms with van der Waals surface area (Å²) in [6, 6.07) is 8.53. The van der Waals surface area contributed by atoms with Crippen molar-refractivity contribution in [1.82, 2.24) is 9.80 Å². The summed E-state index contributed by atoms with van der Waals surface area (Å²) in [6.45, 7) is 10.2. The highest BCUT2D eigenvalue weighted by Crippen LogP contribution is 2.45. The largest absolute Gasteiger partial charge is 0.306 e. The number of piperidine rings is 2. The molecule has 0 unspecified atom stereocenters. The summed E-state index contributed by atoms with van der Waals surface area (Å²) in [5.74, 6) is 1.81. The Balaban J connectivity index is 0.000000150. The van der Waals surface area contributed by atoms with Gasteiger partial charge in [0, 0.05) is 17.7 Å². The van der Waals surface area contributed by atoms with Crippen molar-refractivity contribution in [3.63, 3.8) is 0 Å². The van der Waals surface area contributed by atoms with Gasteiger partial charge in [-0.15, -0.1) is 6.58 Å². The van der Waals surface area contributed by atoms with E-state index in [4.69, 9.17) is 5.41 Å². The number of likely N-dealkylation sites (tertiary alicyclic amines) is 2. The lowest BCUT2D eigenvalue weighted by molar-refractivity contribution is 0.158. The molecule has 3 heteroatoms. The summed E-state index contributed by atoms with van der Waals surface area (Å²) in [5.41, 5.74) is 3.78. The highest BCUT2D eigenvalue weighted by atomic mass is 15.1. The zero-order chi connectivity index (χ0) is 21.7. The summed E-state index contributed by atoms with van der Waals surface area (Å²) in [6.07, 6.45) is 15.6. The van der Waals surface area contributed by atoms with Crippen LogP contribution in [0.15, 0.2) is 36.9 Å². The van der Waals surface area contributed by atoms with Crippen molar-refractivity contribution in [1.29, 1.82) is 5.41 Å². The van der Waals surface area contributed by atoms with Crippen LogP contribution < -0.4 is 0 Å². The first kappa shape index (κ1) is 22.7. The average molecular weight is 422 g/mol. The van der Waals surface area contributed by atoms with Gasteiger partial charge in [0.2, 0.25) is 0 Å². The highest BCUT2D eigenvalue weighted by Gasteiger charge is 2.42. The normalized spacial score (nSPS) is 25.1.